The van der Waals surface area contributed by atoms with E-state index < -0.39 is 5.97 Å². The van der Waals surface area contributed by atoms with Crippen molar-refractivity contribution in [1.82, 2.24) is 0 Å². The van der Waals surface area contributed by atoms with Crippen molar-refractivity contribution >= 4 is 5.97 Å². The van der Waals surface area contributed by atoms with Gasteiger partial charge in [-0.05, 0) is 6.42 Å². The molecule has 0 fully saturated rings. The van der Waals surface area contributed by atoms with E-state index in [0.717, 1.165) is 19.4 Å². The molecule has 6 heteroatoms. The summed E-state index contributed by atoms with van der Waals surface area (Å²) in [5.74, 6) is -1.04. The molecule has 0 heterocycles. The number of hydrogen-bond donors (Lipinski definition) is 1. The first-order valence-electron chi connectivity index (χ1n) is 6.90. The van der Waals surface area contributed by atoms with Crippen LogP contribution < -0.4 is 0 Å². The molecule has 0 aromatic rings. The number of hydrogen-bond acceptors (Lipinski definition) is 5. The monoisotopic (exact) mass is 290 g/mol. The normalized spacial score (nSPS) is 10.7. The molecule has 0 rings (SSSR count). The molecule has 0 spiro atoms. The second-order valence-corrected chi connectivity index (χ2v) is 4.15. The Hall–Kier alpha value is -0.950. The molecule has 1 N–H and O–H groups in total. The molecule has 0 radical (unpaired) electrons. The van der Waals surface area contributed by atoms with E-state index in [0.29, 0.717) is 39.6 Å². The Bertz CT molecular complexity index is 254. The Kier molecular flexibility index (Phi) is 13.8. The van der Waals surface area contributed by atoms with Crippen LogP contribution in [0.5, 0.6) is 0 Å². The van der Waals surface area contributed by atoms with Crippen molar-refractivity contribution in [3.8, 4) is 0 Å². The smallest absolute Gasteiger partial charge is 0.333 e. The summed E-state index contributed by atoms with van der Waals surface area (Å²) in [5.41, 5.74) is 0.0383. The molecule has 118 valence electrons. The number of unbranched alkanes of at least 4 members (excludes halogenated alkanes) is 1. The van der Waals surface area contributed by atoms with Crippen LogP contribution >= 0.6 is 0 Å². The summed E-state index contributed by atoms with van der Waals surface area (Å²) in [6.07, 6.45) is 2.22. The van der Waals surface area contributed by atoms with Gasteiger partial charge in [0.15, 0.2) is 0 Å². The van der Waals surface area contributed by atoms with Gasteiger partial charge < -0.3 is 24.1 Å². The van der Waals surface area contributed by atoms with Crippen molar-refractivity contribution in [2.75, 3.05) is 52.9 Å². The minimum atomic E-state index is -1.04. The maximum atomic E-state index is 10.4. The molecule has 0 saturated carbocycles. The summed E-state index contributed by atoms with van der Waals surface area (Å²) in [6, 6.07) is 0. The van der Waals surface area contributed by atoms with Crippen LogP contribution in [0.2, 0.25) is 0 Å². The van der Waals surface area contributed by atoms with Crippen LogP contribution in [0.25, 0.3) is 0 Å². The zero-order chi connectivity index (χ0) is 15.1. The molecule has 0 unspecified atom stereocenters. The lowest BCUT2D eigenvalue weighted by Crippen LogP contribution is -2.13. The maximum absolute atomic E-state index is 10.4. The number of aliphatic carboxylic acids is 1. The van der Waals surface area contributed by atoms with E-state index in [2.05, 4.69) is 13.5 Å². The zero-order valence-electron chi connectivity index (χ0n) is 12.3. The van der Waals surface area contributed by atoms with Crippen LogP contribution in [0.15, 0.2) is 12.2 Å². The molecular weight excluding hydrogens is 264 g/mol. The highest BCUT2D eigenvalue weighted by Gasteiger charge is 2.02. The number of carbonyl (C=O) groups is 1. The van der Waals surface area contributed by atoms with E-state index >= 15 is 0 Å². The van der Waals surface area contributed by atoms with E-state index in [-0.39, 0.29) is 12.2 Å². The second-order valence-electron chi connectivity index (χ2n) is 4.15. The van der Waals surface area contributed by atoms with Crippen LogP contribution in [-0.4, -0.2) is 63.9 Å². The van der Waals surface area contributed by atoms with E-state index in [1.807, 2.05) is 0 Å². The van der Waals surface area contributed by atoms with Crippen molar-refractivity contribution in [2.24, 2.45) is 0 Å². The maximum Gasteiger partial charge on any atom is 0.333 e. The molecule has 0 aliphatic carbocycles. The minimum Gasteiger partial charge on any atom is -0.478 e. The molecule has 0 aliphatic rings. The molecule has 0 aliphatic heterocycles. The zero-order valence-corrected chi connectivity index (χ0v) is 12.3. The topological polar surface area (TPSA) is 74.2 Å². The number of carboxylic acids is 1. The van der Waals surface area contributed by atoms with Crippen LogP contribution in [-0.2, 0) is 23.7 Å². The fourth-order valence-electron chi connectivity index (χ4n) is 1.16. The molecule has 0 saturated heterocycles. The van der Waals surface area contributed by atoms with E-state index in [1.54, 1.807) is 0 Å². The highest BCUT2D eigenvalue weighted by atomic mass is 16.6. The predicted octanol–water partition coefficient (Wildman–Crippen LogP) is 1.49. The summed E-state index contributed by atoms with van der Waals surface area (Å²) in [6.45, 7) is 9.21. The summed E-state index contributed by atoms with van der Waals surface area (Å²) < 4.78 is 21.0. The fourth-order valence-corrected chi connectivity index (χ4v) is 1.16. The fraction of sp³-hybridized carbons (Fsp3) is 0.786. The van der Waals surface area contributed by atoms with Gasteiger partial charge in [-0.1, -0.05) is 19.9 Å². The molecule has 20 heavy (non-hydrogen) atoms. The molecular formula is C14H26O6. The first-order chi connectivity index (χ1) is 9.68. The van der Waals surface area contributed by atoms with Crippen LogP contribution in [0.4, 0.5) is 0 Å². The Morgan fingerprint density at radius 2 is 1.35 bits per heavy atom. The molecule has 0 atom stereocenters. The molecule has 0 aromatic carbocycles. The van der Waals surface area contributed by atoms with Crippen LogP contribution in [0.1, 0.15) is 19.8 Å². The largest absolute Gasteiger partial charge is 0.478 e. The van der Waals surface area contributed by atoms with Gasteiger partial charge >= 0.3 is 5.97 Å². The number of carboxylic acid groups (broad SMARTS) is 1. The van der Waals surface area contributed by atoms with Gasteiger partial charge in [0.05, 0.1) is 51.8 Å². The van der Waals surface area contributed by atoms with Gasteiger partial charge in [0.2, 0.25) is 0 Å². The summed E-state index contributed by atoms with van der Waals surface area (Å²) in [5, 5.41) is 8.54. The Morgan fingerprint density at radius 3 is 1.80 bits per heavy atom. The van der Waals surface area contributed by atoms with Gasteiger partial charge in [-0.15, -0.1) is 0 Å². The Balaban J connectivity index is 3.06. The third kappa shape index (κ3) is 13.5. The third-order valence-corrected chi connectivity index (χ3v) is 2.34. The summed E-state index contributed by atoms with van der Waals surface area (Å²) in [4.78, 5) is 10.4. The lowest BCUT2D eigenvalue weighted by molar-refractivity contribution is -0.133. The lowest BCUT2D eigenvalue weighted by atomic mass is 10.3. The number of ether oxygens (including phenoxy) is 4. The highest BCUT2D eigenvalue weighted by Crippen LogP contribution is 1.91. The first-order valence-corrected chi connectivity index (χ1v) is 6.90. The molecule has 6 nitrogen and oxygen atoms in total. The van der Waals surface area contributed by atoms with Crippen molar-refractivity contribution in [3.63, 3.8) is 0 Å². The van der Waals surface area contributed by atoms with Crippen molar-refractivity contribution in [3.05, 3.63) is 12.2 Å². The quantitative estimate of drug-likeness (QED) is 0.364. The predicted molar refractivity (Wildman–Crippen MR) is 75.0 cm³/mol. The first kappa shape index (κ1) is 19.1. The highest BCUT2D eigenvalue weighted by molar-refractivity contribution is 5.85. The Labute approximate surface area is 120 Å². The van der Waals surface area contributed by atoms with Crippen LogP contribution in [0.3, 0.4) is 0 Å². The van der Waals surface area contributed by atoms with Crippen molar-refractivity contribution in [1.29, 1.82) is 0 Å². The molecule has 0 amide bonds. The average Bonchev–Trinajstić information content (AvgIpc) is 2.43. The lowest BCUT2D eigenvalue weighted by Gasteiger charge is -2.07. The molecule has 0 bridgehead atoms. The minimum absolute atomic E-state index is 0.0181. The van der Waals surface area contributed by atoms with Gasteiger partial charge in [0.25, 0.3) is 0 Å². The van der Waals surface area contributed by atoms with E-state index in [4.69, 9.17) is 24.1 Å². The summed E-state index contributed by atoms with van der Waals surface area (Å²) in [7, 11) is 0. The van der Waals surface area contributed by atoms with E-state index in [1.165, 1.54) is 0 Å². The van der Waals surface area contributed by atoms with Crippen molar-refractivity contribution < 1.29 is 28.8 Å². The second kappa shape index (κ2) is 14.5. The van der Waals surface area contributed by atoms with Gasteiger partial charge in [-0.2, -0.15) is 0 Å². The van der Waals surface area contributed by atoms with Gasteiger partial charge in [-0.25, -0.2) is 4.79 Å². The summed E-state index contributed by atoms with van der Waals surface area (Å²) >= 11 is 0. The van der Waals surface area contributed by atoms with Crippen LogP contribution in [0, 0.1) is 0 Å². The van der Waals surface area contributed by atoms with Crippen molar-refractivity contribution in [2.45, 2.75) is 19.8 Å². The van der Waals surface area contributed by atoms with Gasteiger partial charge in [0, 0.05) is 6.61 Å². The molecule has 0 aromatic heterocycles. The Morgan fingerprint density at radius 1 is 0.900 bits per heavy atom. The average molecular weight is 290 g/mol. The SMILES string of the molecule is C=C(COCCOCCOCCOCCCC)C(=O)O. The number of rotatable bonds is 15. The third-order valence-electron chi connectivity index (χ3n) is 2.34. The van der Waals surface area contributed by atoms with Gasteiger partial charge in [-0.3, -0.25) is 0 Å². The standard InChI is InChI=1S/C14H26O6/c1-3-4-5-17-6-7-18-8-9-19-10-11-20-12-13(2)14(15)16/h2-12H2,1H3,(H,15,16). The van der Waals surface area contributed by atoms with E-state index in [9.17, 15) is 4.79 Å². The van der Waals surface area contributed by atoms with Gasteiger partial charge in [0.1, 0.15) is 0 Å².